The van der Waals surface area contributed by atoms with Gasteiger partial charge in [0, 0.05) is 30.4 Å². The zero-order valence-corrected chi connectivity index (χ0v) is 18.3. The van der Waals surface area contributed by atoms with Gasteiger partial charge in [0.2, 0.25) is 5.88 Å². The zero-order valence-electron chi connectivity index (χ0n) is 18.3. The molecule has 13 heteroatoms. The second-order valence-corrected chi connectivity index (χ2v) is 7.75. The Kier molecular flexibility index (Phi) is 7.34. The maximum atomic E-state index is 15.5. The average Bonchev–Trinajstić information content (AvgIpc) is 2.85. The molecule has 1 atom stereocenters. The molecular formula is C22H21F4N7O2. The molecule has 1 saturated heterocycles. The Balaban J connectivity index is 1.73. The van der Waals surface area contributed by atoms with E-state index in [0.29, 0.717) is 12.1 Å². The molecule has 0 spiro atoms. The Morgan fingerprint density at radius 2 is 2.03 bits per heavy atom. The van der Waals surface area contributed by atoms with Crippen molar-refractivity contribution in [2.75, 3.05) is 25.4 Å². The summed E-state index contributed by atoms with van der Waals surface area (Å²) in [5.41, 5.74) is 4.78. The molecule has 35 heavy (non-hydrogen) atoms. The van der Waals surface area contributed by atoms with Crippen LogP contribution in [0.4, 0.5) is 23.4 Å². The highest BCUT2D eigenvalue weighted by molar-refractivity contribution is 5.96. The summed E-state index contributed by atoms with van der Waals surface area (Å²) in [4.78, 5) is 28.4. The molecule has 4 heterocycles. The monoisotopic (exact) mass is 491 g/mol. The zero-order chi connectivity index (χ0) is 24.9. The van der Waals surface area contributed by atoms with Gasteiger partial charge >= 0.3 is 0 Å². The third-order valence-corrected chi connectivity index (χ3v) is 5.22. The van der Waals surface area contributed by atoms with E-state index < -0.39 is 42.2 Å². The molecule has 0 saturated carbocycles. The van der Waals surface area contributed by atoms with Crippen LogP contribution in [0.15, 0.2) is 30.6 Å². The van der Waals surface area contributed by atoms with Gasteiger partial charge in [0.25, 0.3) is 18.3 Å². The number of nitrogens with one attached hydrogen (secondary N) is 2. The van der Waals surface area contributed by atoms with Gasteiger partial charge in [-0.25, -0.2) is 33.1 Å². The van der Waals surface area contributed by atoms with Gasteiger partial charge in [0.1, 0.15) is 11.4 Å². The lowest BCUT2D eigenvalue weighted by molar-refractivity contribution is 0.0796. The van der Waals surface area contributed by atoms with Crippen LogP contribution >= 0.6 is 0 Å². The van der Waals surface area contributed by atoms with Crippen molar-refractivity contribution < 1.29 is 27.1 Å². The predicted molar refractivity (Wildman–Crippen MR) is 118 cm³/mol. The molecule has 1 fully saturated rings. The van der Waals surface area contributed by atoms with Crippen LogP contribution in [0.3, 0.4) is 0 Å². The molecule has 1 unspecified atom stereocenters. The standard InChI is InChI=1S/C22H21F4N7O2/c23-16(24)10-35-17-4-3-11(7-29-17)14-6-13(22(34)31-12-2-1-5-28-8-12)18(25)19(32-14)15-9-30-21(27)20(26)33-15/h3-4,6-7,9,12,16,28H,1-2,5,8,10H2,(H2,27,30)(H,31,34). The number of hydrogen-bond acceptors (Lipinski definition) is 8. The molecule has 4 rings (SSSR count). The number of ether oxygens (including phenoxy) is 1. The van der Waals surface area contributed by atoms with Gasteiger partial charge in [-0.2, -0.15) is 4.39 Å². The number of carbonyl (C=O) groups is 1. The van der Waals surface area contributed by atoms with Crippen LogP contribution in [0, 0.1) is 11.8 Å². The Morgan fingerprint density at radius 3 is 2.69 bits per heavy atom. The van der Waals surface area contributed by atoms with E-state index in [4.69, 9.17) is 10.5 Å². The molecule has 1 aliphatic heterocycles. The van der Waals surface area contributed by atoms with E-state index in [-0.39, 0.29) is 28.9 Å². The number of nitrogen functional groups attached to an aromatic ring is 1. The van der Waals surface area contributed by atoms with Crippen molar-refractivity contribution in [1.29, 1.82) is 0 Å². The summed E-state index contributed by atoms with van der Waals surface area (Å²) in [6.07, 6.45) is 1.22. The van der Waals surface area contributed by atoms with Crippen molar-refractivity contribution in [3.8, 4) is 28.5 Å². The lowest BCUT2D eigenvalue weighted by Gasteiger charge is -2.24. The van der Waals surface area contributed by atoms with E-state index in [2.05, 4.69) is 30.6 Å². The molecule has 4 N–H and O–H groups in total. The number of halogens is 4. The molecular weight excluding hydrogens is 470 g/mol. The second kappa shape index (κ2) is 10.6. The molecule has 0 radical (unpaired) electrons. The smallest absolute Gasteiger partial charge is 0.272 e. The third-order valence-electron chi connectivity index (χ3n) is 5.22. The number of nitrogens with zero attached hydrogens (tertiary/aromatic N) is 4. The fourth-order valence-electron chi connectivity index (χ4n) is 3.51. The minimum atomic E-state index is -2.67. The number of alkyl halides is 2. The first-order chi connectivity index (χ1) is 16.8. The molecule has 0 bridgehead atoms. The van der Waals surface area contributed by atoms with Crippen molar-refractivity contribution in [2.45, 2.75) is 25.3 Å². The number of anilines is 1. The number of carbonyl (C=O) groups excluding carboxylic acids is 1. The van der Waals surface area contributed by atoms with E-state index in [9.17, 15) is 18.0 Å². The Bertz CT molecular complexity index is 1210. The van der Waals surface area contributed by atoms with Gasteiger partial charge in [0.05, 0.1) is 17.5 Å². The number of hydrogen-bond donors (Lipinski definition) is 3. The average molecular weight is 491 g/mol. The number of piperidine rings is 1. The highest BCUT2D eigenvalue weighted by Gasteiger charge is 2.24. The van der Waals surface area contributed by atoms with Gasteiger partial charge in [-0.15, -0.1) is 0 Å². The van der Waals surface area contributed by atoms with Gasteiger partial charge in [-0.3, -0.25) is 4.79 Å². The van der Waals surface area contributed by atoms with Crippen LogP contribution in [-0.4, -0.2) is 58.0 Å². The van der Waals surface area contributed by atoms with Crippen molar-refractivity contribution in [2.24, 2.45) is 0 Å². The van der Waals surface area contributed by atoms with Crippen LogP contribution in [0.25, 0.3) is 22.6 Å². The topological polar surface area (TPSA) is 128 Å². The van der Waals surface area contributed by atoms with Crippen molar-refractivity contribution in [3.05, 3.63) is 47.9 Å². The summed E-state index contributed by atoms with van der Waals surface area (Å²) in [6.45, 7) is 0.541. The molecule has 1 aliphatic rings. The lowest BCUT2D eigenvalue weighted by Crippen LogP contribution is -2.45. The van der Waals surface area contributed by atoms with Gasteiger partial charge in [-0.05, 0) is 31.5 Å². The van der Waals surface area contributed by atoms with Crippen LogP contribution in [0.1, 0.15) is 23.2 Å². The summed E-state index contributed by atoms with van der Waals surface area (Å²) in [5.74, 6) is -3.34. The SMILES string of the molecule is Nc1ncc(-c2nc(-c3ccc(OCC(F)F)nc3)cc(C(=O)NC3CCCNC3)c2F)nc1F. The normalized spacial score (nSPS) is 15.7. The van der Waals surface area contributed by atoms with E-state index in [1.807, 2.05) is 0 Å². The fourth-order valence-corrected chi connectivity index (χ4v) is 3.51. The quantitative estimate of drug-likeness (QED) is 0.431. The molecule has 184 valence electrons. The molecule has 3 aromatic rings. The highest BCUT2D eigenvalue weighted by atomic mass is 19.3. The minimum Gasteiger partial charge on any atom is -0.472 e. The van der Waals surface area contributed by atoms with E-state index >= 15 is 4.39 Å². The van der Waals surface area contributed by atoms with Crippen molar-refractivity contribution >= 4 is 11.7 Å². The summed E-state index contributed by atoms with van der Waals surface area (Å²) < 4.78 is 59.0. The van der Waals surface area contributed by atoms with Gasteiger partial charge in [-0.1, -0.05) is 0 Å². The van der Waals surface area contributed by atoms with E-state index in [1.165, 1.54) is 24.4 Å². The van der Waals surface area contributed by atoms with Crippen molar-refractivity contribution in [3.63, 3.8) is 0 Å². The summed E-state index contributed by atoms with van der Waals surface area (Å²) in [5, 5.41) is 5.94. The van der Waals surface area contributed by atoms with Gasteiger partial charge < -0.3 is 21.1 Å². The first-order valence-electron chi connectivity index (χ1n) is 10.7. The van der Waals surface area contributed by atoms with Crippen molar-refractivity contribution in [1.82, 2.24) is 30.6 Å². The Labute approximate surface area is 197 Å². The summed E-state index contributed by atoms with van der Waals surface area (Å²) >= 11 is 0. The number of nitrogens with two attached hydrogens (primary N) is 1. The maximum Gasteiger partial charge on any atom is 0.272 e. The predicted octanol–water partition coefficient (Wildman–Crippen LogP) is 2.59. The van der Waals surface area contributed by atoms with Crippen LogP contribution < -0.4 is 21.1 Å². The first kappa shape index (κ1) is 24.3. The molecule has 3 aromatic heterocycles. The number of amides is 1. The van der Waals surface area contributed by atoms with Crippen LogP contribution in [-0.2, 0) is 0 Å². The van der Waals surface area contributed by atoms with Crippen LogP contribution in [0.5, 0.6) is 5.88 Å². The molecule has 0 aliphatic carbocycles. The first-order valence-corrected chi connectivity index (χ1v) is 10.7. The number of pyridine rings is 2. The number of aromatic nitrogens is 4. The van der Waals surface area contributed by atoms with E-state index in [0.717, 1.165) is 25.6 Å². The number of rotatable bonds is 7. The Morgan fingerprint density at radius 1 is 1.20 bits per heavy atom. The molecule has 9 nitrogen and oxygen atoms in total. The fraction of sp³-hybridized carbons (Fsp3) is 0.318. The second-order valence-electron chi connectivity index (χ2n) is 7.75. The summed E-state index contributed by atoms with van der Waals surface area (Å²) in [7, 11) is 0. The molecule has 0 aromatic carbocycles. The van der Waals surface area contributed by atoms with Crippen LogP contribution in [0.2, 0.25) is 0 Å². The van der Waals surface area contributed by atoms with E-state index in [1.54, 1.807) is 0 Å². The van der Waals surface area contributed by atoms with Gasteiger partial charge in [0.15, 0.2) is 18.2 Å². The highest BCUT2D eigenvalue weighted by Crippen LogP contribution is 2.28. The summed E-state index contributed by atoms with van der Waals surface area (Å²) in [6, 6.07) is 3.82. The largest absolute Gasteiger partial charge is 0.472 e. The lowest BCUT2D eigenvalue weighted by atomic mass is 10.0. The molecule has 1 amide bonds. The maximum absolute atomic E-state index is 15.5. The third kappa shape index (κ3) is 5.80. The minimum absolute atomic E-state index is 0.0503. The Hall–Kier alpha value is -3.87.